The van der Waals surface area contributed by atoms with Crippen molar-refractivity contribution in [1.29, 1.82) is 0 Å². The fraction of sp³-hybridized carbons (Fsp3) is 0.294. The van der Waals surface area contributed by atoms with Crippen LogP contribution >= 0.6 is 0 Å². The van der Waals surface area contributed by atoms with Crippen LogP contribution in [0.5, 0.6) is 0 Å². The maximum absolute atomic E-state index is 13.0. The molecule has 0 N–H and O–H groups in total. The summed E-state index contributed by atoms with van der Waals surface area (Å²) < 4.78 is 27.4. The lowest BCUT2D eigenvalue weighted by molar-refractivity contribution is 0.593. The van der Waals surface area contributed by atoms with Gasteiger partial charge in [0.2, 0.25) is 0 Å². The van der Waals surface area contributed by atoms with Crippen LogP contribution in [0.15, 0.2) is 41.3 Å². The summed E-state index contributed by atoms with van der Waals surface area (Å²) in [6.45, 7) is 7.63. The lowest BCUT2D eigenvalue weighted by atomic mass is 10.0. The highest BCUT2D eigenvalue weighted by atomic mass is 32.2. The highest BCUT2D eigenvalue weighted by Gasteiger charge is 2.26. The third-order valence-electron chi connectivity index (χ3n) is 4.04. The van der Waals surface area contributed by atoms with Crippen LogP contribution in [0.2, 0.25) is 0 Å². The van der Waals surface area contributed by atoms with Gasteiger partial charge >= 0.3 is 0 Å². The second-order valence-corrected chi connectivity index (χ2v) is 7.30. The summed E-state index contributed by atoms with van der Waals surface area (Å²) in [6.07, 6.45) is 0. The molecular weight excluding hydrogens is 282 g/mol. The molecule has 0 bridgehead atoms. The molecule has 112 valence electrons. The second-order valence-electron chi connectivity index (χ2n) is 5.40. The fourth-order valence-corrected chi connectivity index (χ4v) is 4.25. The first-order valence-corrected chi connectivity index (χ1v) is 8.32. The van der Waals surface area contributed by atoms with Crippen molar-refractivity contribution in [2.45, 2.75) is 32.6 Å². The van der Waals surface area contributed by atoms with Crippen molar-refractivity contribution in [3.63, 3.8) is 0 Å². The van der Waals surface area contributed by atoms with Gasteiger partial charge in [-0.3, -0.25) is 4.31 Å². The highest BCUT2D eigenvalue weighted by molar-refractivity contribution is 7.92. The first-order valence-electron chi connectivity index (χ1n) is 6.88. The van der Waals surface area contributed by atoms with E-state index in [-0.39, 0.29) is 0 Å². The molecule has 0 aliphatic rings. The van der Waals surface area contributed by atoms with Crippen molar-refractivity contribution in [2.24, 2.45) is 0 Å². The van der Waals surface area contributed by atoms with E-state index in [1.165, 1.54) is 4.31 Å². The van der Waals surface area contributed by atoms with Crippen molar-refractivity contribution in [3.8, 4) is 0 Å². The lowest BCUT2D eigenvalue weighted by Gasteiger charge is -2.23. The summed E-state index contributed by atoms with van der Waals surface area (Å²) in [5, 5.41) is 0. The Labute approximate surface area is 127 Å². The Kier molecular flexibility index (Phi) is 4.10. The van der Waals surface area contributed by atoms with Gasteiger partial charge in [-0.2, -0.15) is 0 Å². The minimum absolute atomic E-state index is 0.423. The summed E-state index contributed by atoms with van der Waals surface area (Å²) in [4.78, 5) is 0.423. The van der Waals surface area contributed by atoms with Gasteiger partial charge in [0.25, 0.3) is 10.0 Å². The maximum Gasteiger partial charge on any atom is 0.264 e. The van der Waals surface area contributed by atoms with Gasteiger partial charge in [0.1, 0.15) is 0 Å². The van der Waals surface area contributed by atoms with Gasteiger partial charge < -0.3 is 0 Å². The summed E-state index contributed by atoms with van der Waals surface area (Å²) in [7, 11) is -1.97. The molecule has 0 saturated heterocycles. The third kappa shape index (κ3) is 2.68. The number of benzene rings is 2. The number of hydrogen-bond acceptors (Lipinski definition) is 2. The van der Waals surface area contributed by atoms with Crippen molar-refractivity contribution in [3.05, 3.63) is 58.7 Å². The average Bonchev–Trinajstić information content (AvgIpc) is 2.45. The third-order valence-corrected chi connectivity index (χ3v) is 6.10. The highest BCUT2D eigenvalue weighted by Crippen LogP contribution is 2.30. The fourth-order valence-electron chi connectivity index (χ4n) is 2.48. The zero-order valence-corrected chi connectivity index (χ0v) is 14.0. The van der Waals surface area contributed by atoms with Gasteiger partial charge in [0, 0.05) is 7.05 Å². The van der Waals surface area contributed by atoms with Crippen LogP contribution in [0.1, 0.15) is 22.3 Å². The van der Waals surface area contributed by atoms with Gasteiger partial charge in [-0.1, -0.05) is 24.3 Å². The summed E-state index contributed by atoms with van der Waals surface area (Å²) in [6, 6.07) is 11.2. The van der Waals surface area contributed by atoms with Crippen LogP contribution in [0.4, 0.5) is 5.69 Å². The molecule has 0 aliphatic heterocycles. The van der Waals surface area contributed by atoms with E-state index in [0.29, 0.717) is 10.6 Å². The second kappa shape index (κ2) is 5.53. The van der Waals surface area contributed by atoms with E-state index in [2.05, 4.69) is 0 Å². The zero-order valence-electron chi connectivity index (χ0n) is 13.1. The smallest absolute Gasteiger partial charge is 0.264 e. The standard InChI is InChI=1S/C17H21NO2S/c1-12-11-13(2)15(4)17(14(12)3)21(19,20)18(5)16-9-7-6-8-10-16/h6-11H,1-5H3. The summed E-state index contributed by atoms with van der Waals surface area (Å²) >= 11 is 0. The van der Waals surface area contributed by atoms with E-state index in [4.69, 9.17) is 0 Å². The molecule has 0 aromatic heterocycles. The number of rotatable bonds is 3. The van der Waals surface area contributed by atoms with E-state index in [1.54, 1.807) is 19.2 Å². The molecule has 2 rings (SSSR count). The van der Waals surface area contributed by atoms with Crippen LogP contribution in [-0.2, 0) is 10.0 Å². The molecule has 21 heavy (non-hydrogen) atoms. The first kappa shape index (κ1) is 15.6. The molecule has 0 amide bonds. The van der Waals surface area contributed by atoms with Gasteiger partial charge in [0.15, 0.2) is 0 Å². The molecule has 0 aliphatic carbocycles. The molecule has 0 radical (unpaired) electrons. The van der Waals surface area contributed by atoms with Crippen LogP contribution in [-0.4, -0.2) is 15.5 Å². The zero-order chi connectivity index (χ0) is 15.8. The Balaban J connectivity index is 2.66. The van der Waals surface area contributed by atoms with Crippen LogP contribution in [0.3, 0.4) is 0 Å². The maximum atomic E-state index is 13.0. The predicted molar refractivity (Wildman–Crippen MR) is 87.4 cm³/mol. The first-order chi connectivity index (χ1) is 9.76. The molecule has 0 spiro atoms. The SMILES string of the molecule is Cc1cc(C)c(C)c(S(=O)(=O)N(C)c2ccccc2)c1C. The van der Waals surface area contributed by atoms with Gasteiger partial charge in [-0.05, 0) is 62.1 Å². The minimum Gasteiger partial charge on any atom is -0.269 e. The van der Waals surface area contributed by atoms with E-state index >= 15 is 0 Å². The molecule has 0 atom stereocenters. The summed E-state index contributed by atoms with van der Waals surface area (Å²) in [5.41, 5.74) is 4.30. The van der Waals surface area contributed by atoms with Gasteiger partial charge in [-0.25, -0.2) is 8.42 Å². The van der Waals surface area contributed by atoms with E-state index in [9.17, 15) is 8.42 Å². The molecule has 4 heteroatoms. The number of anilines is 1. The molecule has 2 aromatic rings. The van der Waals surface area contributed by atoms with E-state index < -0.39 is 10.0 Å². The lowest BCUT2D eigenvalue weighted by Crippen LogP contribution is -2.28. The Hall–Kier alpha value is -1.81. The minimum atomic E-state index is -3.57. The average molecular weight is 303 g/mol. The quantitative estimate of drug-likeness (QED) is 0.866. The van der Waals surface area contributed by atoms with Crippen molar-refractivity contribution in [1.82, 2.24) is 0 Å². The molecular formula is C17H21NO2S. The number of nitrogens with zero attached hydrogens (tertiary/aromatic N) is 1. The van der Waals surface area contributed by atoms with E-state index in [1.807, 2.05) is 52.0 Å². The molecule has 0 unspecified atom stereocenters. The van der Waals surface area contributed by atoms with Crippen LogP contribution < -0.4 is 4.31 Å². The van der Waals surface area contributed by atoms with Crippen molar-refractivity contribution >= 4 is 15.7 Å². The molecule has 2 aromatic carbocycles. The Bertz CT molecular complexity index is 739. The Morgan fingerprint density at radius 3 is 1.81 bits per heavy atom. The number of para-hydroxylation sites is 1. The molecule has 3 nitrogen and oxygen atoms in total. The number of sulfonamides is 1. The van der Waals surface area contributed by atoms with Crippen LogP contribution in [0.25, 0.3) is 0 Å². The predicted octanol–water partition coefficient (Wildman–Crippen LogP) is 3.75. The Morgan fingerprint density at radius 1 is 0.857 bits per heavy atom. The van der Waals surface area contributed by atoms with E-state index in [0.717, 1.165) is 22.3 Å². The normalized spacial score (nSPS) is 11.5. The van der Waals surface area contributed by atoms with Crippen LogP contribution in [0, 0.1) is 27.7 Å². The largest absolute Gasteiger partial charge is 0.269 e. The molecule has 0 saturated carbocycles. The topological polar surface area (TPSA) is 37.4 Å². The van der Waals surface area contributed by atoms with Gasteiger partial charge in [-0.15, -0.1) is 0 Å². The number of aryl methyl sites for hydroxylation is 2. The molecule has 0 heterocycles. The Morgan fingerprint density at radius 2 is 1.33 bits per heavy atom. The molecule has 0 fully saturated rings. The number of hydrogen-bond donors (Lipinski definition) is 0. The van der Waals surface area contributed by atoms with Crippen molar-refractivity contribution < 1.29 is 8.42 Å². The summed E-state index contributed by atoms with van der Waals surface area (Å²) in [5.74, 6) is 0. The monoisotopic (exact) mass is 303 g/mol. The van der Waals surface area contributed by atoms with Gasteiger partial charge in [0.05, 0.1) is 10.6 Å². The van der Waals surface area contributed by atoms with Crippen molar-refractivity contribution in [2.75, 3.05) is 11.4 Å².